The van der Waals surface area contributed by atoms with Gasteiger partial charge in [-0.05, 0) is 39.8 Å². The number of hydrogen-bond donors (Lipinski definition) is 2. The molecule has 0 saturated carbocycles. The Morgan fingerprint density at radius 2 is 1.80 bits per heavy atom. The van der Waals surface area contributed by atoms with Gasteiger partial charge in [-0.2, -0.15) is 8.78 Å². The second-order valence-corrected chi connectivity index (χ2v) is 6.54. The first-order chi connectivity index (χ1) is 9.04. The molecular weight excluding hydrogens is 284 g/mol. The Morgan fingerprint density at radius 1 is 1.25 bits per heavy atom. The quantitative estimate of drug-likeness (QED) is 0.821. The van der Waals surface area contributed by atoms with Crippen LogP contribution in [0.1, 0.15) is 38.1 Å². The summed E-state index contributed by atoms with van der Waals surface area (Å²) in [7, 11) is 0. The molecule has 1 rings (SSSR count). The van der Waals surface area contributed by atoms with Gasteiger partial charge in [0.05, 0.1) is 16.7 Å². The van der Waals surface area contributed by atoms with Crippen LogP contribution < -0.4 is 5.32 Å². The Hall–Kier alpha value is -1.14. The largest absolute Gasteiger partial charge is 0.388 e. The summed E-state index contributed by atoms with van der Waals surface area (Å²) in [6.07, 6.45) is 0. The van der Waals surface area contributed by atoms with E-state index in [1.807, 2.05) is 0 Å². The van der Waals surface area contributed by atoms with Crippen molar-refractivity contribution in [1.82, 2.24) is 5.32 Å². The number of carbonyl (C=O) groups is 1. The number of alkyl halides is 2. The fourth-order valence-corrected chi connectivity index (χ4v) is 1.99. The number of thioether (sulfide) groups is 1. The van der Waals surface area contributed by atoms with E-state index in [4.69, 9.17) is 0 Å². The van der Waals surface area contributed by atoms with Crippen molar-refractivity contribution in [2.75, 3.05) is 0 Å². The van der Waals surface area contributed by atoms with Gasteiger partial charge in [0.25, 0.3) is 11.7 Å². The molecule has 0 heterocycles. The predicted molar refractivity (Wildman–Crippen MR) is 76.1 cm³/mol. The summed E-state index contributed by atoms with van der Waals surface area (Å²) in [5, 5.41) is 12.7. The van der Waals surface area contributed by atoms with E-state index >= 15 is 0 Å². The Kier molecular flexibility index (Phi) is 5.15. The Labute approximate surface area is 121 Å². The van der Waals surface area contributed by atoms with E-state index in [9.17, 15) is 18.7 Å². The van der Waals surface area contributed by atoms with Crippen molar-refractivity contribution >= 4 is 17.7 Å². The lowest BCUT2D eigenvalue weighted by atomic mass is 9.86. The van der Waals surface area contributed by atoms with Gasteiger partial charge in [-0.1, -0.05) is 23.9 Å². The Bertz CT molecular complexity index is 484. The molecule has 0 aliphatic carbocycles. The first-order valence-electron chi connectivity index (χ1n) is 6.13. The summed E-state index contributed by atoms with van der Waals surface area (Å²) >= 11 is 0.330. The van der Waals surface area contributed by atoms with Crippen molar-refractivity contribution in [3.8, 4) is 0 Å². The molecule has 0 aliphatic heterocycles. The molecule has 20 heavy (non-hydrogen) atoms. The molecule has 1 amide bonds. The highest BCUT2D eigenvalue weighted by Crippen LogP contribution is 2.29. The molecule has 0 spiro atoms. The van der Waals surface area contributed by atoms with E-state index in [1.54, 1.807) is 39.8 Å². The molecule has 0 aromatic heterocycles. The van der Waals surface area contributed by atoms with Crippen LogP contribution in [0.25, 0.3) is 0 Å². The zero-order chi connectivity index (χ0) is 15.6. The molecule has 0 bridgehead atoms. The van der Waals surface area contributed by atoms with Gasteiger partial charge in [0.1, 0.15) is 0 Å². The third kappa shape index (κ3) is 4.18. The van der Waals surface area contributed by atoms with E-state index in [2.05, 4.69) is 5.32 Å². The summed E-state index contributed by atoms with van der Waals surface area (Å²) in [4.78, 5) is 12.4. The summed E-state index contributed by atoms with van der Waals surface area (Å²) in [6.45, 7) is 6.50. The summed E-state index contributed by atoms with van der Waals surface area (Å²) in [6, 6.07) is 6.17. The average molecular weight is 303 g/mol. The minimum atomic E-state index is -2.59. The highest BCUT2D eigenvalue weighted by molar-refractivity contribution is 7.99. The molecule has 2 N–H and O–H groups in total. The fraction of sp³-hybridized carbons (Fsp3) is 0.500. The first kappa shape index (κ1) is 16.9. The number of halogens is 2. The third-order valence-corrected chi connectivity index (χ3v) is 4.09. The second kappa shape index (κ2) is 6.10. The van der Waals surface area contributed by atoms with Crippen molar-refractivity contribution in [2.45, 2.75) is 49.5 Å². The number of nitrogens with one attached hydrogen (secondary N) is 1. The van der Waals surface area contributed by atoms with E-state index in [0.29, 0.717) is 11.8 Å². The van der Waals surface area contributed by atoms with Gasteiger partial charge in [-0.15, -0.1) is 0 Å². The molecule has 0 atom stereocenters. The van der Waals surface area contributed by atoms with Gasteiger partial charge in [0, 0.05) is 4.90 Å². The second-order valence-electron chi connectivity index (χ2n) is 5.51. The lowest BCUT2D eigenvalue weighted by Gasteiger charge is -2.38. The lowest BCUT2D eigenvalue weighted by Crippen LogP contribution is -2.57. The van der Waals surface area contributed by atoms with Crippen molar-refractivity contribution in [1.29, 1.82) is 0 Å². The van der Waals surface area contributed by atoms with E-state index in [-0.39, 0.29) is 10.5 Å². The van der Waals surface area contributed by atoms with Crippen LogP contribution >= 0.6 is 11.8 Å². The van der Waals surface area contributed by atoms with Gasteiger partial charge >= 0.3 is 0 Å². The highest BCUT2D eigenvalue weighted by atomic mass is 32.2. The molecule has 0 fully saturated rings. The van der Waals surface area contributed by atoms with Gasteiger partial charge in [-0.25, -0.2) is 0 Å². The van der Waals surface area contributed by atoms with E-state index < -0.39 is 22.8 Å². The first-order valence-corrected chi connectivity index (χ1v) is 7.01. The fourth-order valence-electron chi connectivity index (χ4n) is 1.36. The van der Waals surface area contributed by atoms with Crippen LogP contribution in [0, 0.1) is 0 Å². The molecule has 6 heteroatoms. The van der Waals surface area contributed by atoms with Crippen LogP contribution in [0.5, 0.6) is 0 Å². The van der Waals surface area contributed by atoms with Crippen molar-refractivity contribution in [3.05, 3.63) is 29.8 Å². The molecule has 112 valence electrons. The number of rotatable bonds is 5. The molecule has 1 aromatic carbocycles. The average Bonchev–Trinajstić information content (AvgIpc) is 2.26. The van der Waals surface area contributed by atoms with E-state index in [1.165, 1.54) is 12.1 Å². The predicted octanol–water partition coefficient (Wildman–Crippen LogP) is 3.28. The van der Waals surface area contributed by atoms with E-state index in [0.717, 1.165) is 0 Å². The van der Waals surface area contributed by atoms with Crippen molar-refractivity contribution in [3.63, 3.8) is 0 Å². The lowest BCUT2D eigenvalue weighted by molar-refractivity contribution is -0.00298. The minimum absolute atomic E-state index is 0.176. The molecule has 0 unspecified atom stereocenters. The van der Waals surface area contributed by atoms with Crippen LogP contribution in [0.15, 0.2) is 29.2 Å². The smallest absolute Gasteiger partial charge is 0.288 e. The van der Waals surface area contributed by atoms with Gasteiger partial charge in [0.2, 0.25) is 0 Å². The van der Waals surface area contributed by atoms with Crippen LogP contribution in [0.3, 0.4) is 0 Å². The Morgan fingerprint density at radius 3 is 2.30 bits per heavy atom. The monoisotopic (exact) mass is 303 g/mol. The molecule has 0 saturated heterocycles. The zero-order valence-corrected chi connectivity index (χ0v) is 12.7. The molecule has 1 aromatic rings. The number of amides is 1. The standard InChI is InChI=1S/C14H19F2NO2S/c1-13(2,14(3,4)19)17-11(18)9-7-5-6-8-10(9)20-12(15)16/h5-8,12,19H,1-4H3,(H,17,18). The van der Waals surface area contributed by atoms with Gasteiger partial charge in [-0.3, -0.25) is 4.79 Å². The number of aliphatic hydroxyl groups is 1. The van der Waals surface area contributed by atoms with Crippen LogP contribution in [-0.2, 0) is 0 Å². The topological polar surface area (TPSA) is 49.3 Å². The third-order valence-electron chi connectivity index (χ3n) is 3.30. The maximum atomic E-state index is 12.5. The number of benzene rings is 1. The normalized spacial score (nSPS) is 12.6. The highest BCUT2D eigenvalue weighted by Gasteiger charge is 2.36. The maximum absolute atomic E-state index is 12.5. The zero-order valence-electron chi connectivity index (χ0n) is 11.9. The Balaban J connectivity index is 2.99. The summed E-state index contributed by atoms with van der Waals surface area (Å²) in [5.74, 6) is -3.08. The molecular formula is C14H19F2NO2S. The maximum Gasteiger partial charge on any atom is 0.288 e. The minimum Gasteiger partial charge on any atom is -0.388 e. The number of hydrogen-bond acceptors (Lipinski definition) is 3. The summed E-state index contributed by atoms with van der Waals surface area (Å²) < 4.78 is 25.0. The SMILES string of the molecule is CC(C)(O)C(C)(C)NC(=O)c1ccccc1SC(F)F. The van der Waals surface area contributed by atoms with Gasteiger partial charge in [0.15, 0.2) is 0 Å². The van der Waals surface area contributed by atoms with Crippen LogP contribution in [0.2, 0.25) is 0 Å². The molecule has 0 radical (unpaired) electrons. The van der Waals surface area contributed by atoms with Crippen molar-refractivity contribution < 1.29 is 18.7 Å². The number of carbonyl (C=O) groups excluding carboxylic acids is 1. The molecule has 3 nitrogen and oxygen atoms in total. The summed E-state index contributed by atoms with van der Waals surface area (Å²) in [5.41, 5.74) is -1.87. The van der Waals surface area contributed by atoms with Gasteiger partial charge < -0.3 is 10.4 Å². The van der Waals surface area contributed by atoms with Crippen LogP contribution in [0.4, 0.5) is 8.78 Å². The molecule has 0 aliphatic rings. The van der Waals surface area contributed by atoms with Crippen LogP contribution in [-0.4, -0.2) is 27.9 Å². The van der Waals surface area contributed by atoms with Crippen molar-refractivity contribution in [2.24, 2.45) is 0 Å².